The molecule has 0 aromatic heterocycles. The number of benzene rings is 4. The van der Waals surface area contributed by atoms with E-state index in [1.807, 2.05) is 45.1 Å². The van der Waals surface area contributed by atoms with Crippen LogP contribution in [0.25, 0.3) is 0 Å². The monoisotopic (exact) mass is 462 g/mol. The molecular weight excluding hydrogens is 441 g/mol. The van der Waals surface area contributed by atoms with E-state index >= 15 is 0 Å². The lowest BCUT2D eigenvalue weighted by atomic mass is 10.2. The van der Waals surface area contributed by atoms with Gasteiger partial charge >= 0.3 is 0 Å². The minimum absolute atomic E-state index is 1.27. The molecule has 0 spiro atoms. The van der Waals surface area contributed by atoms with Crippen molar-refractivity contribution in [2.45, 2.75) is 43.2 Å². The van der Waals surface area contributed by atoms with Gasteiger partial charge in [-0.3, -0.25) is 0 Å². The Bertz CT molecular complexity index is 1020. The molecule has 0 amide bonds. The third kappa shape index (κ3) is 5.92. The summed E-state index contributed by atoms with van der Waals surface area (Å²) in [7, 11) is 3.68. The lowest BCUT2D eigenvalue weighted by Gasteiger charge is -2.12. The zero-order valence-corrected chi connectivity index (χ0v) is 20.1. The molecule has 4 aromatic carbocycles. The maximum atomic E-state index is 2.29. The lowest BCUT2D eigenvalue weighted by molar-refractivity contribution is 1.21. The van der Waals surface area contributed by atoms with E-state index in [0.29, 0.717) is 0 Å². The Labute approximate surface area is 195 Å². The minimum atomic E-state index is 1.27. The highest BCUT2D eigenvalue weighted by Gasteiger charge is 2.11. The molecule has 4 rings (SSSR count). The van der Waals surface area contributed by atoms with Crippen LogP contribution in [0.1, 0.15) is 11.1 Å². The smallest absolute Gasteiger partial charge is 0.0326 e. The van der Waals surface area contributed by atoms with E-state index in [1.54, 1.807) is 0 Å². The Morgan fingerprint density at radius 3 is 1.23 bits per heavy atom. The van der Waals surface area contributed by atoms with E-state index in [4.69, 9.17) is 0 Å². The summed E-state index contributed by atoms with van der Waals surface area (Å²) in [6.45, 7) is 4.32. The largest absolute Gasteiger partial charge is 0.0889 e. The van der Waals surface area contributed by atoms with Gasteiger partial charge in [0.15, 0.2) is 0 Å². The van der Waals surface area contributed by atoms with Crippen molar-refractivity contribution < 1.29 is 0 Å². The van der Waals surface area contributed by atoms with E-state index in [2.05, 4.69) is 111 Å². The second-order valence-corrected chi connectivity index (χ2v) is 11.3. The van der Waals surface area contributed by atoms with Crippen LogP contribution < -0.4 is 0 Å². The Balaban J connectivity index is 1.55. The summed E-state index contributed by atoms with van der Waals surface area (Å²) >= 11 is 3.67. The summed E-state index contributed by atoms with van der Waals surface area (Å²) < 4.78 is 0. The molecule has 4 heteroatoms. The Kier molecular flexibility index (Phi) is 7.56. The zero-order chi connectivity index (χ0) is 20.8. The maximum absolute atomic E-state index is 2.29. The number of hydrogen-bond acceptors (Lipinski definition) is 4. The van der Waals surface area contributed by atoms with E-state index in [-0.39, 0.29) is 0 Å². The molecule has 0 aliphatic carbocycles. The van der Waals surface area contributed by atoms with Crippen LogP contribution in [0.4, 0.5) is 0 Å². The SMILES string of the molecule is Cc1ccc(SSc2ccc(C)cc2Sc2ccccc2)c(Sc2ccccc2)c1. The van der Waals surface area contributed by atoms with Gasteiger partial charge in [-0.1, -0.05) is 93.6 Å². The highest BCUT2D eigenvalue weighted by molar-refractivity contribution is 8.76. The van der Waals surface area contributed by atoms with E-state index in [0.717, 1.165) is 0 Å². The van der Waals surface area contributed by atoms with Crippen LogP contribution in [0.3, 0.4) is 0 Å². The molecule has 0 fully saturated rings. The highest BCUT2D eigenvalue weighted by Crippen LogP contribution is 2.47. The molecule has 0 aliphatic rings. The third-order valence-corrected chi connectivity index (χ3v) is 9.23. The van der Waals surface area contributed by atoms with Crippen molar-refractivity contribution in [3.63, 3.8) is 0 Å². The molecule has 0 N–H and O–H groups in total. The first-order chi connectivity index (χ1) is 14.7. The van der Waals surface area contributed by atoms with Gasteiger partial charge in [0.2, 0.25) is 0 Å². The normalized spacial score (nSPS) is 10.9. The summed E-state index contributed by atoms with van der Waals surface area (Å²) in [6.07, 6.45) is 0. The predicted octanol–water partition coefficient (Wildman–Crippen LogP) is 9.41. The highest BCUT2D eigenvalue weighted by atomic mass is 33.1. The lowest BCUT2D eigenvalue weighted by Crippen LogP contribution is -1.83. The van der Waals surface area contributed by atoms with Crippen molar-refractivity contribution in [1.82, 2.24) is 0 Å². The van der Waals surface area contributed by atoms with Gasteiger partial charge in [-0.05, 0) is 73.5 Å². The molecule has 0 heterocycles. The first-order valence-electron chi connectivity index (χ1n) is 9.69. The molecule has 0 aliphatic heterocycles. The molecule has 0 unspecified atom stereocenters. The molecule has 0 saturated heterocycles. The molecule has 0 saturated carbocycles. The molecule has 4 aromatic rings. The number of aryl methyl sites for hydroxylation is 2. The van der Waals surface area contributed by atoms with Crippen LogP contribution in [-0.2, 0) is 0 Å². The molecule has 0 radical (unpaired) electrons. The summed E-state index contributed by atoms with van der Waals surface area (Å²) in [5.74, 6) is 0. The second kappa shape index (κ2) is 10.5. The zero-order valence-electron chi connectivity index (χ0n) is 16.9. The van der Waals surface area contributed by atoms with Crippen molar-refractivity contribution in [3.8, 4) is 0 Å². The second-order valence-electron chi connectivity index (χ2n) is 6.90. The van der Waals surface area contributed by atoms with Gasteiger partial charge in [0.1, 0.15) is 0 Å². The predicted molar refractivity (Wildman–Crippen MR) is 135 cm³/mol. The Morgan fingerprint density at radius 1 is 0.433 bits per heavy atom. The average molecular weight is 463 g/mol. The van der Waals surface area contributed by atoms with E-state index in [9.17, 15) is 0 Å². The van der Waals surface area contributed by atoms with E-state index < -0.39 is 0 Å². The van der Waals surface area contributed by atoms with Crippen molar-refractivity contribution in [2.75, 3.05) is 0 Å². The van der Waals surface area contributed by atoms with Crippen LogP contribution >= 0.6 is 45.1 Å². The first-order valence-corrected chi connectivity index (χ1v) is 13.5. The molecule has 150 valence electrons. The van der Waals surface area contributed by atoms with Crippen LogP contribution in [0.15, 0.2) is 126 Å². The Morgan fingerprint density at radius 2 is 0.833 bits per heavy atom. The van der Waals surface area contributed by atoms with Crippen molar-refractivity contribution in [3.05, 3.63) is 108 Å². The molecule has 30 heavy (non-hydrogen) atoms. The standard InChI is InChI=1S/C26H22S4/c1-19-13-15-23(25(17-19)27-21-9-5-3-6-10-21)29-30-24-16-14-20(2)18-26(24)28-22-11-7-4-8-12-22/h3-18H,1-2H3. The van der Waals surface area contributed by atoms with Gasteiger partial charge in [-0.2, -0.15) is 0 Å². The molecule has 0 bridgehead atoms. The first kappa shape index (κ1) is 21.5. The maximum Gasteiger partial charge on any atom is 0.0326 e. The van der Waals surface area contributed by atoms with Gasteiger partial charge in [-0.15, -0.1) is 0 Å². The summed E-state index contributed by atoms with van der Waals surface area (Å²) in [5.41, 5.74) is 2.58. The van der Waals surface area contributed by atoms with Gasteiger partial charge < -0.3 is 0 Å². The number of rotatable bonds is 7. The van der Waals surface area contributed by atoms with Gasteiger partial charge in [-0.25, -0.2) is 0 Å². The number of hydrogen-bond donors (Lipinski definition) is 0. The van der Waals surface area contributed by atoms with Crippen molar-refractivity contribution >= 4 is 45.1 Å². The fourth-order valence-electron chi connectivity index (χ4n) is 2.85. The quantitative estimate of drug-likeness (QED) is 0.251. The van der Waals surface area contributed by atoms with Gasteiger partial charge in [0, 0.05) is 29.4 Å². The minimum Gasteiger partial charge on any atom is -0.0889 e. The van der Waals surface area contributed by atoms with Crippen molar-refractivity contribution in [2.24, 2.45) is 0 Å². The van der Waals surface area contributed by atoms with Gasteiger partial charge in [0.25, 0.3) is 0 Å². The summed E-state index contributed by atoms with van der Waals surface area (Å²) in [4.78, 5) is 7.76. The Hall–Kier alpha value is -1.72. The third-order valence-electron chi connectivity index (χ3n) is 4.36. The topological polar surface area (TPSA) is 0 Å². The van der Waals surface area contributed by atoms with Gasteiger partial charge in [0.05, 0.1) is 0 Å². The average Bonchev–Trinajstić information content (AvgIpc) is 2.76. The van der Waals surface area contributed by atoms with Crippen LogP contribution in [0.5, 0.6) is 0 Å². The van der Waals surface area contributed by atoms with Crippen LogP contribution in [0, 0.1) is 13.8 Å². The fourth-order valence-corrected chi connectivity index (χ4v) is 7.71. The van der Waals surface area contributed by atoms with E-state index in [1.165, 1.54) is 40.5 Å². The molecular formula is C26H22S4. The summed E-state index contributed by atoms with van der Waals surface area (Å²) in [5, 5.41) is 0. The summed E-state index contributed by atoms with van der Waals surface area (Å²) in [6, 6.07) is 34.7. The van der Waals surface area contributed by atoms with Crippen molar-refractivity contribution in [1.29, 1.82) is 0 Å². The molecule has 0 atom stereocenters. The van der Waals surface area contributed by atoms with Crippen LogP contribution in [0.2, 0.25) is 0 Å². The van der Waals surface area contributed by atoms with Crippen LogP contribution in [-0.4, -0.2) is 0 Å². The molecule has 0 nitrogen and oxygen atoms in total. The fraction of sp³-hybridized carbons (Fsp3) is 0.0769.